The van der Waals surface area contributed by atoms with Gasteiger partial charge in [-0.25, -0.2) is 13.1 Å². The fourth-order valence-corrected chi connectivity index (χ4v) is 3.06. The van der Waals surface area contributed by atoms with E-state index in [1.807, 2.05) is 13.8 Å². The minimum atomic E-state index is -3.66. The highest BCUT2D eigenvalue weighted by Crippen LogP contribution is 2.21. The molecule has 1 N–H and O–H groups in total. The van der Waals surface area contributed by atoms with Crippen molar-refractivity contribution in [3.8, 4) is 5.75 Å². The number of nitrogens with one attached hydrogen (secondary N) is 1. The number of aromatic nitrogens is 2. The molecule has 22 heavy (non-hydrogen) atoms. The molecule has 0 aliphatic carbocycles. The maximum Gasteiger partial charge on any atom is 0.241 e. The molecule has 1 heterocycles. The van der Waals surface area contributed by atoms with Crippen LogP contribution in [0.5, 0.6) is 5.75 Å². The van der Waals surface area contributed by atoms with Gasteiger partial charge in [0, 0.05) is 5.92 Å². The summed E-state index contributed by atoms with van der Waals surface area (Å²) in [6.45, 7) is 5.50. The second kappa shape index (κ2) is 6.45. The van der Waals surface area contributed by atoms with E-state index in [1.165, 1.54) is 13.2 Å². The Bertz CT molecular complexity index is 753. The average Bonchev–Trinajstić information content (AvgIpc) is 2.94. The van der Waals surface area contributed by atoms with Gasteiger partial charge >= 0.3 is 0 Å². The van der Waals surface area contributed by atoms with Crippen molar-refractivity contribution < 1.29 is 17.6 Å². The first-order valence-electron chi connectivity index (χ1n) is 6.80. The van der Waals surface area contributed by atoms with Crippen LogP contribution in [-0.4, -0.2) is 25.7 Å². The number of hydrogen-bond acceptors (Lipinski definition) is 6. The topological polar surface area (TPSA) is 94.3 Å². The van der Waals surface area contributed by atoms with Crippen molar-refractivity contribution in [3.05, 3.63) is 35.5 Å². The SMILES string of the molecule is COc1ccc(S(=O)(=O)NCc2nnc(C(C)C)o2)c(C)c1. The van der Waals surface area contributed by atoms with Gasteiger partial charge in [0.25, 0.3) is 0 Å². The Balaban J connectivity index is 2.13. The van der Waals surface area contributed by atoms with Crippen LogP contribution in [0.4, 0.5) is 0 Å². The predicted molar refractivity (Wildman–Crippen MR) is 80.1 cm³/mol. The van der Waals surface area contributed by atoms with Gasteiger partial charge < -0.3 is 9.15 Å². The van der Waals surface area contributed by atoms with Crippen LogP contribution >= 0.6 is 0 Å². The number of rotatable bonds is 6. The van der Waals surface area contributed by atoms with Crippen LogP contribution in [-0.2, 0) is 16.6 Å². The number of hydrogen-bond donors (Lipinski definition) is 1. The molecule has 0 atom stereocenters. The van der Waals surface area contributed by atoms with Crippen molar-refractivity contribution in [1.29, 1.82) is 0 Å². The summed E-state index contributed by atoms with van der Waals surface area (Å²) in [6, 6.07) is 4.77. The van der Waals surface area contributed by atoms with Crippen LogP contribution in [0.15, 0.2) is 27.5 Å². The van der Waals surface area contributed by atoms with E-state index in [2.05, 4.69) is 14.9 Å². The summed E-state index contributed by atoms with van der Waals surface area (Å²) >= 11 is 0. The third kappa shape index (κ3) is 3.63. The van der Waals surface area contributed by atoms with Crippen LogP contribution in [0, 0.1) is 6.92 Å². The van der Waals surface area contributed by atoms with E-state index in [0.29, 0.717) is 17.2 Å². The summed E-state index contributed by atoms with van der Waals surface area (Å²) in [7, 11) is -2.13. The van der Waals surface area contributed by atoms with Gasteiger partial charge in [0.05, 0.1) is 18.6 Å². The van der Waals surface area contributed by atoms with Crippen molar-refractivity contribution in [3.63, 3.8) is 0 Å². The molecule has 0 aliphatic heterocycles. The molecule has 0 bridgehead atoms. The van der Waals surface area contributed by atoms with Gasteiger partial charge in [-0.1, -0.05) is 13.8 Å². The molecule has 120 valence electrons. The van der Waals surface area contributed by atoms with Gasteiger partial charge in [0.15, 0.2) is 0 Å². The van der Waals surface area contributed by atoms with Crippen LogP contribution in [0.3, 0.4) is 0 Å². The minimum Gasteiger partial charge on any atom is -0.497 e. The first kappa shape index (κ1) is 16.4. The van der Waals surface area contributed by atoms with E-state index in [0.717, 1.165) is 0 Å². The van der Waals surface area contributed by atoms with E-state index in [4.69, 9.17) is 9.15 Å². The van der Waals surface area contributed by atoms with Crippen molar-refractivity contribution >= 4 is 10.0 Å². The zero-order valence-electron chi connectivity index (χ0n) is 13.0. The van der Waals surface area contributed by atoms with Crippen LogP contribution in [0.2, 0.25) is 0 Å². The lowest BCUT2D eigenvalue weighted by Crippen LogP contribution is -2.24. The van der Waals surface area contributed by atoms with Crippen LogP contribution in [0.1, 0.15) is 37.1 Å². The normalized spacial score (nSPS) is 11.9. The highest BCUT2D eigenvalue weighted by atomic mass is 32.2. The summed E-state index contributed by atoms with van der Waals surface area (Å²) in [5, 5.41) is 7.68. The molecule has 1 aromatic carbocycles. The fraction of sp³-hybridized carbons (Fsp3) is 0.429. The molecule has 0 fully saturated rings. The molecule has 2 rings (SSSR count). The summed E-state index contributed by atoms with van der Waals surface area (Å²) in [5.74, 6) is 1.42. The number of sulfonamides is 1. The van der Waals surface area contributed by atoms with Gasteiger partial charge in [-0.2, -0.15) is 0 Å². The summed E-state index contributed by atoms with van der Waals surface area (Å²) in [4.78, 5) is 0.192. The Hall–Kier alpha value is -1.93. The molecule has 0 saturated carbocycles. The van der Waals surface area contributed by atoms with Gasteiger partial charge in [-0.05, 0) is 30.7 Å². The Labute approximate surface area is 129 Å². The molecular formula is C14H19N3O4S. The monoisotopic (exact) mass is 325 g/mol. The van der Waals surface area contributed by atoms with Gasteiger partial charge in [0.1, 0.15) is 5.75 Å². The number of methoxy groups -OCH3 is 1. The van der Waals surface area contributed by atoms with Crippen molar-refractivity contribution in [2.24, 2.45) is 0 Å². The molecule has 0 spiro atoms. The minimum absolute atomic E-state index is 0.0481. The number of benzene rings is 1. The summed E-state index contributed by atoms with van der Waals surface area (Å²) in [6.07, 6.45) is 0. The average molecular weight is 325 g/mol. The van der Waals surface area contributed by atoms with E-state index in [-0.39, 0.29) is 23.2 Å². The predicted octanol–water partition coefficient (Wildman–Crippen LogP) is 1.99. The van der Waals surface area contributed by atoms with E-state index in [1.54, 1.807) is 19.1 Å². The second-order valence-electron chi connectivity index (χ2n) is 5.14. The van der Waals surface area contributed by atoms with Crippen molar-refractivity contribution in [1.82, 2.24) is 14.9 Å². The third-order valence-electron chi connectivity index (χ3n) is 3.06. The lowest BCUT2D eigenvalue weighted by Gasteiger charge is -2.09. The molecule has 7 nitrogen and oxygen atoms in total. The lowest BCUT2D eigenvalue weighted by atomic mass is 10.2. The number of ether oxygens (including phenoxy) is 1. The van der Waals surface area contributed by atoms with Gasteiger partial charge in [0.2, 0.25) is 21.8 Å². The standard InChI is InChI=1S/C14H19N3O4S/c1-9(2)14-17-16-13(21-14)8-15-22(18,19)12-6-5-11(20-4)7-10(12)3/h5-7,9,15H,8H2,1-4H3. The molecule has 0 saturated heterocycles. The quantitative estimate of drug-likeness (QED) is 0.873. The Morgan fingerprint density at radius 1 is 1.32 bits per heavy atom. The van der Waals surface area contributed by atoms with Crippen molar-refractivity contribution in [2.45, 2.75) is 38.1 Å². The van der Waals surface area contributed by atoms with Crippen LogP contribution < -0.4 is 9.46 Å². The number of aryl methyl sites for hydroxylation is 1. The molecular weight excluding hydrogens is 306 g/mol. The zero-order valence-corrected chi connectivity index (χ0v) is 13.8. The highest BCUT2D eigenvalue weighted by molar-refractivity contribution is 7.89. The van der Waals surface area contributed by atoms with Crippen molar-refractivity contribution in [2.75, 3.05) is 7.11 Å². The molecule has 0 amide bonds. The lowest BCUT2D eigenvalue weighted by molar-refractivity contribution is 0.414. The summed E-state index contributed by atoms with van der Waals surface area (Å²) in [5.41, 5.74) is 0.597. The fourth-order valence-electron chi connectivity index (χ4n) is 1.86. The molecule has 1 aromatic heterocycles. The maximum absolute atomic E-state index is 12.3. The maximum atomic E-state index is 12.3. The van der Waals surface area contributed by atoms with E-state index in [9.17, 15) is 8.42 Å². The Morgan fingerprint density at radius 2 is 2.05 bits per heavy atom. The molecule has 2 aromatic rings. The highest BCUT2D eigenvalue weighted by Gasteiger charge is 2.19. The first-order chi connectivity index (χ1) is 10.3. The molecule has 0 unspecified atom stereocenters. The first-order valence-corrected chi connectivity index (χ1v) is 8.28. The Kier molecular flexibility index (Phi) is 4.82. The van der Waals surface area contributed by atoms with Gasteiger partial charge in [-0.3, -0.25) is 0 Å². The third-order valence-corrected chi connectivity index (χ3v) is 4.62. The molecule has 8 heteroatoms. The second-order valence-corrected chi connectivity index (χ2v) is 6.88. The Morgan fingerprint density at radius 3 is 2.59 bits per heavy atom. The largest absolute Gasteiger partial charge is 0.497 e. The summed E-state index contributed by atoms with van der Waals surface area (Å²) < 4.78 is 37.5. The smallest absolute Gasteiger partial charge is 0.241 e. The van der Waals surface area contributed by atoms with Gasteiger partial charge in [-0.15, -0.1) is 10.2 Å². The molecule has 0 radical (unpaired) electrons. The van der Waals surface area contributed by atoms with E-state index < -0.39 is 10.0 Å². The number of nitrogens with zero attached hydrogens (tertiary/aromatic N) is 2. The van der Waals surface area contributed by atoms with E-state index >= 15 is 0 Å². The zero-order chi connectivity index (χ0) is 16.3. The molecule has 0 aliphatic rings. The van der Waals surface area contributed by atoms with Crippen LogP contribution in [0.25, 0.3) is 0 Å².